The van der Waals surface area contributed by atoms with Crippen LogP contribution in [0.4, 0.5) is 0 Å². The molecule has 0 radical (unpaired) electrons. The van der Waals surface area contributed by atoms with Crippen molar-refractivity contribution in [2.75, 3.05) is 13.2 Å². The summed E-state index contributed by atoms with van der Waals surface area (Å²) in [6.07, 6.45) is 7.07. The summed E-state index contributed by atoms with van der Waals surface area (Å²) < 4.78 is 4.93. The van der Waals surface area contributed by atoms with E-state index in [9.17, 15) is 14.4 Å². The van der Waals surface area contributed by atoms with E-state index < -0.39 is 5.97 Å². The van der Waals surface area contributed by atoms with Crippen molar-refractivity contribution in [3.05, 3.63) is 0 Å². The molecule has 0 heterocycles. The molecule has 6 nitrogen and oxygen atoms in total. The van der Waals surface area contributed by atoms with E-state index in [0.29, 0.717) is 0 Å². The zero-order chi connectivity index (χ0) is 18.0. The zero-order valence-electron chi connectivity index (χ0n) is 15.3. The van der Waals surface area contributed by atoms with Crippen LogP contribution in [0.2, 0.25) is 0 Å². The Labute approximate surface area is 149 Å². The van der Waals surface area contributed by atoms with Crippen molar-refractivity contribution in [1.82, 2.24) is 10.6 Å². The van der Waals surface area contributed by atoms with E-state index in [4.69, 9.17) is 4.74 Å². The molecule has 6 heteroatoms. The maximum Gasteiger partial charge on any atom is 0.308 e. The first-order valence-electron chi connectivity index (χ1n) is 9.59. The lowest BCUT2D eigenvalue weighted by atomic mass is 9.49. The molecule has 0 aromatic heterocycles. The highest BCUT2D eigenvalue weighted by molar-refractivity contribution is 5.84. The molecule has 0 saturated heterocycles. The summed E-state index contributed by atoms with van der Waals surface area (Å²) >= 11 is 0. The predicted molar refractivity (Wildman–Crippen MR) is 92.5 cm³/mol. The summed E-state index contributed by atoms with van der Waals surface area (Å²) in [6, 6.07) is 0.0192. The largest absolute Gasteiger partial charge is 0.456 e. The van der Waals surface area contributed by atoms with E-state index in [1.165, 1.54) is 19.3 Å². The molecule has 4 saturated carbocycles. The minimum absolute atomic E-state index is 0.0192. The summed E-state index contributed by atoms with van der Waals surface area (Å²) in [4.78, 5) is 35.9. The van der Waals surface area contributed by atoms with Crippen LogP contribution in [0.25, 0.3) is 0 Å². The molecule has 4 rings (SSSR count). The second-order valence-corrected chi connectivity index (χ2v) is 8.59. The fourth-order valence-electron chi connectivity index (χ4n) is 5.44. The van der Waals surface area contributed by atoms with Gasteiger partial charge in [-0.25, -0.2) is 0 Å². The average Bonchev–Trinajstić information content (AvgIpc) is 2.51. The maximum absolute atomic E-state index is 12.7. The third kappa shape index (κ3) is 4.33. The van der Waals surface area contributed by atoms with Gasteiger partial charge >= 0.3 is 5.97 Å². The molecule has 4 aliphatic carbocycles. The van der Waals surface area contributed by atoms with Crippen molar-refractivity contribution < 1.29 is 19.1 Å². The number of hydrogen-bond donors (Lipinski definition) is 2. The fourth-order valence-corrected chi connectivity index (χ4v) is 5.44. The lowest BCUT2D eigenvalue weighted by Gasteiger charge is -2.55. The van der Waals surface area contributed by atoms with Crippen molar-refractivity contribution in [2.45, 2.75) is 64.8 Å². The number of ether oxygens (including phenoxy) is 1. The summed E-state index contributed by atoms with van der Waals surface area (Å²) in [7, 11) is 0. The van der Waals surface area contributed by atoms with Gasteiger partial charge in [0.05, 0.1) is 6.42 Å². The molecule has 0 unspecified atom stereocenters. The Morgan fingerprint density at radius 3 is 2.12 bits per heavy atom. The Hall–Kier alpha value is -1.59. The van der Waals surface area contributed by atoms with Gasteiger partial charge in [0.2, 0.25) is 5.91 Å². The lowest BCUT2D eigenvalue weighted by Crippen LogP contribution is -2.53. The molecular weight excluding hydrogens is 320 g/mol. The number of amides is 2. The fraction of sp³-hybridized carbons (Fsp3) is 0.842. The van der Waals surface area contributed by atoms with Gasteiger partial charge in [-0.2, -0.15) is 0 Å². The van der Waals surface area contributed by atoms with Crippen LogP contribution in [0.1, 0.15) is 58.8 Å². The van der Waals surface area contributed by atoms with E-state index >= 15 is 0 Å². The van der Waals surface area contributed by atoms with Crippen LogP contribution in [0.15, 0.2) is 0 Å². The van der Waals surface area contributed by atoms with Gasteiger partial charge in [0.15, 0.2) is 6.61 Å². The second kappa shape index (κ2) is 7.34. The highest BCUT2D eigenvalue weighted by Gasteiger charge is 2.54. The average molecular weight is 350 g/mol. The molecule has 0 aromatic carbocycles. The highest BCUT2D eigenvalue weighted by Crippen LogP contribution is 2.60. The molecule has 0 atom stereocenters. The number of rotatable bonds is 7. The summed E-state index contributed by atoms with van der Waals surface area (Å²) in [5.74, 6) is 1.53. The van der Waals surface area contributed by atoms with Crippen molar-refractivity contribution in [2.24, 2.45) is 23.2 Å². The van der Waals surface area contributed by atoms with Crippen molar-refractivity contribution in [3.8, 4) is 0 Å². The SMILES string of the molecule is CC(C)NC(=O)COC(=O)CCNC(=O)C12CC3CC(CC(C3)C1)C2. The molecule has 25 heavy (non-hydrogen) atoms. The summed E-state index contributed by atoms with van der Waals surface area (Å²) in [5.41, 5.74) is -0.185. The van der Waals surface area contributed by atoms with E-state index in [1.54, 1.807) is 0 Å². The van der Waals surface area contributed by atoms with Crippen LogP contribution in [-0.4, -0.2) is 37.0 Å². The van der Waals surface area contributed by atoms with Crippen LogP contribution >= 0.6 is 0 Å². The van der Waals surface area contributed by atoms with E-state index in [1.807, 2.05) is 13.8 Å². The molecular formula is C19H30N2O4. The van der Waals surface area contributed by atoms with Crippen molar-refractivity contribution in [1.29, 1.82) is 0 Å². The topological polar surface area (TPSA) is 84.5 Å². The van der Waals surface area contributed by atoms with Gasteiger partial charge in [0, 0.05) is 18.0 Å². The summed E-state index contributed by atoms with van der Waals surface area (Å²) in [5, 5.41) is 5.61. The van der Waals surface area contributed by atoms with Crippen molar-refractivity contribution >= 4 is 17.8 Å². The van der Waals surface area contributed by atoms with Crippen LogP contribution in [-0.2, 0) is 19.1 Å². The highest BCUT2D eigenvalue weighted by atomic mass is 16.5. The van der Waals surface area contributed by atoms with Crippen LogP contribution in [0.3, 0.4) is 0 Å². The van der Waals surface area contributed by atoms with Gasteiger partial charge in [0.25, 0.3) is 5.91 Å². The molecule has 0 spiro atoms. The Morgan fingerprint density at radius 2 is 1.60 bits per heavy atom. The van der Waals surface area contributed by atoms with Gasteiger partial charge in [0.1, 0.15) is 0 Å². The monoisotopic (exact) mass is 350 g/mol. The van der Waals surface area contributed by atoms with Gasteiger partial charge in [-0.15, -0.1) is 0 Å². The second-order valence-electron chi connectivity index (χ2n) is 8.59. The van der Waals surface area contributed by atoms with Gasteiger partial charge in [-0.3, -0.25) is 14.4 Å². The first-order chi connectivity index (χ1) is 11.9. The molecule has 0 aliphatic heterocycles. The minimum Gasteiger partial charge on any atom is -0.456 e. The third-order valence-electron chi connectivity index (χ3n) is 5.95. The van der Waals surface area contributed by atoms with Crippen molar-refractivity contribution in [3.63, 3.8) is 0 Å². The Morgan fingerprint density at radius 1 is 1.04 bits per heavy atom. The van der Waals surface area contributed by atoms with E-state index in [0.717, 1.165) is 37.0 Å². The minimum atomic E-state index is -0.454. The number of esters is 1. The zero-order valence-corrected chi connectivity index (χ0v) is 15.3. The maximum atomic E-state index is 12.7. The van der Waals surface area contributed by atoms with Gasteiger partial charge in [-0.1, -0.05) is 0 Å². The molecule has 0 aromatic rings. The number of nitrogens with one attached hydrogen (secondary N) is 2. The van der Waals surface area contributed by atoms with Crippen LogP contribution in [0, 0.1) is 23.2 Å². The predicted octanol–water partition coefficient (Wildman–Crippen LogP) is 1.78. The molecule has 140 valence electrons. The first-order valence-corrected chi connectivity index (χ1v) is 9.59. The third-order valence-corrected chi connectivity index (χ3v) is 5.95. The Bertz CT molecular complexity index is 508. The van der Waals surface area contributed by atoms with Crippen LogP contribution in [0.5, 0.6) is 0 Å². The van der Waals surface area contributed by atoms with Crippen LogP contribution < -0.4 is 10.6 Å². The molecule has 2 amide bonds. The first kappa shape index (κ1) is 18.2. The van der Waals surface area contributed by atoms with E-state index in [2.05, 4.69) is 10.6 Å². The molecule has 4 bridgehead atoms. The summed E-state index contributed by atoms with van der Waals surface area (Å²) in [6.45, 7) is 3.71. The normalized spacial score (nSPS) is 32.5. The lowest BCUT2D eigenvalue weighted by molar-refractivity contribution is -0.149. The smallest absolute Gasteiger partial charge is 0.308 e. The van der Waals surface area contributed by atoms with Gasteiger partial charge in [-0.05, 0) is 70.1 Å². The Balaban J connectivity index is 1.38. The number of hydrogen-bond acceptors (Lipinski definition) is 4. The standard InChI is InChI=1S/C19H30N2O4/c1-12(2)21-16(22)11-25-17(23)3-4-20-18(24)19-8-13-5-14(9-19)7-15(6-13)10-19/h12-15H,3-11H2,1-2H3,(H,20,24)(H,21,22). The number of carbonyl (C=O) groups is 3. The molecule has 2 N–H and O–H groups in total. The molecule has 4 fully saturated rings. The van der Waals surface area contributed by atoms with Gasteiger partial charge < -0.3 is 15.4 Å². The Kier molecular flexibility index (Phi) is 5.35. The quantitative estimate of drug-likeness (QED) is 0.686. The van der Waals surface area contributed by atoms with E-state index in [-0.39, 0.29) is 42.8 Å². The number of carbonyl (C=O) groups excluding carboxylic acids is 3. The molecule has 4 aliphatic rings.